The largest absolute Gasteiger partial charge is 0.497 e. The van der Waals surface area contributed by atoms with Gasteiger partial charge < -0.3 is 9.84 Å². The predicted molar refractivity (Wildman–Crippen MR) is 63.7 cm³/mol. The van der Waals surface area contributed by atoms with Crippen LogP contribution in [0.5, 0.6) is 5.75 Å². The van der Waals surface area contributed by atoms with E-state index in [0.29, 0.717) is 5.75 Å². The van der Waals surface area contributed by atoms with Gasteiger partial charge in [-0.15, -0.1) is 0 Å². The number of rotatable bonds is 4. The highest BCUT2D eigenvalue weighted by molar-refractivity contribution is 5.92. The number of aromatic nitrogens is 2. The van der Waals surface area contributed by atoms with Gasteiger partial charge in [0.1, 0.15) is 18.1 Å². The number of hydrogen-bond donors (Lipinski definition) is 1. The first-order valence-corrected chi connectivity index (χ1v) is 5.13. The van der Waals surface area contributed by atoms with Gasteiger partial charge in [0, 0.05) is 6.07 Å². The molecule has 8 heteroatoms. The lowest BCUT2D eigenvalue weighted by Gasteiger charge is -2.07. The van der Waals surface area contributed by atoms with Crippen molar-refractivity contribution in [1.82, 2.24) is 9.78 Å². The minimum absolute atomic E-state index is 0.0289. The Bertz CT molecular complexity index is 650. The molecule has 0 spiro atoms. The first-order chi connectivity index (χ1) is 9.02. The van der Waals surface area contributed by atoms with Gasteiger partial charge in [-0.1, -0.05) is 0 Å². The quantitative estimate of drug-likeness (QED) is 0.661. The van der Waals surface area contributed by atoms with E-state index in [1.807, 2.05) is 0 Å². The van der Waals surface area contributed by atoms with Gasteiger partial charge in [-0.05, 0) is 12.1 Å². The Kier molecular flexibility index (Phi) is 3.15. The zero-order valence-corrected chi connectivity index (χ0v) is 9.81. The Balaban J connectivity index is 2.57. The zero-order chi connectivity index (χ0) is 14.0. The monoisotopic (exact) mass is 263 g/mol. The summed E-state index contributed by atoms with van der Waals surface area (Å²) in [5.41, 5.74) is -0.0575. The summed E-state index contributed by atoms with van der Waals surface area (Å²) in [5.74, 6) is -0.728. The molecule has 0 aliphatic carbocycles. The fraction of sp³-hybridized carbons (Fsp3) is 0.0909. The first-order valence-electron chi connectivity index (χ1n) is 5.13. The molecular weight excluding hydrogens is 254 g/mol. The van der Waals surface area contributed by atoms with Crippen LogP contribution in [0.15, 0.2) is 30.6 Å². The molecule has 1 aromatic heterocycles. The van der Waals surface area contributed by atoms with E-state index in [1.165, 1.54) is 25.3 Å². The summed E-state index contributed by atoms with van der Waals surface area (Å²) in [4.78, 5) is 21.1. The lowest BCUT2D eigenvalue weighted by atomic mass is 10.1. The van der Waals surface area contributed by atoms with Crippen LogP contribution in [-0.2, 0) is 0 Å². The summed E-state index contributed by atoms with van der Waals surface area (Å²) >= 11 is 0. The molecule has 0 saturated heterocycles. The summed E-state index contributed by atoms with van der Waals surface area (Å²) in [6.07, 6.45) is 2.19. The Morgan fingerprint density at radius 1 is 1.53 bits per heavy atom. The second-order valence-electron chi connectivity index (χ2n) is 3.59. The van der Waals surface area contributed by atoms with Crippen LogP contribution >= 0.6 is 0 Å². The molecule has 2 aromatic rings. The van der Waals surface area contributed by atoms with Crippen LogP contribution in [-0.4, -0.2) is 32.9 Å². The van der Waals surface area contributed by atoms with Crippen molar-refractivity contribution in [3.8, 4) is 11.4 Å². The molecule has 0 amide bonds. The van der Waals surface area contributed by atoms with Crippen molar-refractivity contribution in [2.75, 3.05) is 7.11 Å². The van der Waals surface area contributed by atoms with Crippen LogP contribution in [0.1, 0.15) is 10.4 Å². The van der Waals surface area contributed by atoms with Crippen LogP contribution < -0.4 is 4.74 Å². The maximum Gasteiger partial charge on any atom is 0.337 e. The highest BCUT2D eigenvalue weighted by atomic mass is 16.6. The second kappa shape index (κ2) is 4.77. The predicted octanol–water partition coefficient (Wildman–Crippen LogP) is 1.49. The number of ether oxygens (including phenoxy) is 1. The van der Waals surface area contributed by atoms with Crippen LogP contribution in [0.25, 0.3) is 5.69 Å². The van der Waals surface area contributed by atoms with Crippen LogP contribution in [0.3, 0.4) is 0 Å². The number of carboxylic acids is 1. The molecule has 0 atom stereocenters. The molecule has 0 aliphatic heterocycles. The summed E-state index contributed by atoms with van der Waals surface area (Å²) in [6.45, 7) is 0. The zero-order valence-electron chi connectivity index (χ0n) is 9.81. The van der Waals surface area contributed by atoms with E-state index >= 15 is 0 Å². The lowest BCUT2D eigenvalue weighted by molar-refractivity contribution is -0.384. The van der Waals surface area contributed by atoms with Crippen LogP contribution in [0.4, 0.5) is 5.69 Å². The van der Waals surface area contributed by atoms with Gasteiger partial charge >= 0.3 is 11.7 Å². The highest BCUT2D eigenvalue weighted by Gasteiger charge is 2.16. The fourth-order valence-corrected chi connectivity index (χ4v) is 1.55. The van der Waals surface area contributed by atoms with E-state index in [1.54, 1.807) is 0 Å². The molecule has 0 fully saturated rings. The minimum atomic E-state index is -1.16. The lowest BCUT2D eigenvalue weighted by Crippen LogP contribution is -2.06. The van der Waals surface area contributed by atoms with Gasteiger partial charge in [0.15, 0.2) is 0 Å². The highest BCUT2D eigenvalue weighted by Crippen LogP contribution is 2.22. The van der Waals surface area contributed by atoms with Gasteiger partial charge in [-0.2, -0.15) is 5.10 Å². The van der Waals surface area contributed by atoms with Gasteiger partial charge in [0.25, 0.3) is 0 Å². The molecule has 0 radical (unpaired) electrons. The van der Waals surface area contributed by atoms with Crippen LogP contribution in [0, 0.1) is 10.1 Å². The molecular formula is C11H9N3O5. The topological polar surface area (TPSA) is 107 Å². The summed E-state index contributed by atoms with van der Waals surface area (Å²) in [7, 11) is 1.44. The maximum absolute atomic E-state index is 11.1. The Hall–Kier alpha value is -2.90. The summed E-state index contributed by atoms with van der Waals surface area (Å²) in [6, 6.07) is 4.29. The normalized spacial score (nSPS) is 10.2. The molecule has 1 N–H and O–H groups in total. The van der Waals surface area contributed by atoms with Crippen molar-refractivity contribution in [3.63, 3.8) is 0 Å². The smallest absolute Gasteiger partial charge is 0.337 e. The number of methoxy groups -OCH3 is 1. The number of nitrogens with zero attached hydrogens (tertiary/aromatic N) is 3. The fourth-order valence-electron chi connectivity index (χ4n) is 1.55. The van der Waals surface area contributed by atoms with E-state index in [9.17, 15) is 14.9 Å². The third-order valence-corrected chi connectivity index (χ3v) is 2.46. The van der Waals surface area contributed by atoms with Gasteiger partial charge in [0.05, 0.1) is 23.3 Å². The molecule has 19 heavy (non-hydrogen) atoms. The Morgan fingerprint density at radius 2 is 2.26 bits per heavy atom. The maximum atomic E-state index is 11.1. The van der Waals surface area contributed by atoms with Crippen molar-refractivity contribution >= 4 is 11.7 Å². The van der Waals surface area contributed by atoms with Crippen molar-refractivity contribution in [3.05, 3.63) is 46.3 Å². The SMILES string of the molecule is COc1ccc(C(=O)O)c(-n2cc([N+](=O)[O-])cn2)c1. The third kappa shape index (κ3) is 2.37. The van der Waals surface area contributed by atoms with Gasteiger partial charge in [-0.3, -0.25) is 10.1 Å². The molecule has 0 unspecified atom stereocenters. The molecule has 1 heterocycles. The molecule has 98 valence electrons. The van der Waals surface area contributed by atoms with E-state index in [4.69, 9.17) is 9.84 Å². The average molecular weight is 263 g/mol. The van der Waals surface area contributed by atoms with Gasteiger partial charge in [-0.25, -0.2) is 9.48 Å². The first kappa shape index (κ1) is 12.6. The number of carbonyl (C=O) groups is 1. The standard InChI is InChI=1S/C11H9N3O5/c1-19-8-2-3-9(11(15)16)10(4-8)13-6-7(5-12-13)14(17)18/h2-6H,1H3,(H,15,16). The van der Waals surface area contributed by atoms with Crippen molar-refractivity contribution in [2.24, 2.45) is 0 Å². The summed E-state index contributed by atoms with van der Waals surface area (Å²) < 4.78 is 6.13. The van der Waals surface area contributed by atoms with E-state index < -0.39 is 10.9 Å². The third-order valence-electron chi connectivity index (χ3n) is 2.46. The molecule has 2 rings (SSSR count). The molecule has 0 aliphatic rings. The average Bonchev–Trinajstić information content (AvgIpc) is 2.87. The Morgan fingerprint density at radius 3 is 2.79 bits per heavy atom. The number of nitro groups is 1. The minimum Gasteiger partial charge on any atom is -0.497 e. The molecule has 0 saturated carbocycles. The number of hydrogen-bond acceptors (Lipinski definition) is 5. The van der Waals surface area contributed by atoms with Crippen molar-refractivity contribution in [2.45, 2.75) is 0 Å². The van der Waals surface area contributed by atoms with E-state index in [2.05, 4.69) is 5.10 Å². The van der Waals surface area contributed by atoms with E-state index in [0.717, 1.165) is 17.1 Å². The number of aromatic carboxylic acids is 1. The van der Waals surface area contributed by atoms with Gasteiger partial charge in [0.2, 0.25) is 0 Å². The molecule has 8 nitrogen and oxygen atoms in total. The molecule has 0 bridgehead atoms. The Labute approximate surface area is 107 Å². The van der Waals surface area contributed by atoms with Crippen molar-refractivity contribution < 1.29 is 19.6 Å². The number of carboxylic acid groups (broad SMARTS) is 1. The second-order valence-corrected chi connectivity index (χ2v) is 3.59. The van der Waals surface area contributed by atoms with E-state index in [-0.39, 0.29) is 16.9 Å². The number of benzene rings is 1. The van der Waals surface area contributed by atoms with Crippen molar-refractivity contribution in [1.29, 1.82) is 0 Å². The molecule has 1 aromatic carbocycles. The summed E-state index contributed by atoms with van der Waals surface area (Å²) in [5, 5.41) is 23.5. The van der Waals surface area contributed by atoms with Crippen LogP contribution in [0.2, 0.25) is 0 Å².